The van der Waals surface area contributed by atoms with Gasteiger partial charge in [0.15, 0.2) is 9.84 Å². The van der Waals surface area contributed by atoms with Crippen molar-refractivity contribution in [2.75, 3.05) is 11.5 Å². The fourth-order valence-electron chi connectivity index (χ4n) is 3.29. The van der Waals surface area contributed by atoms with Crippen molar-refractivity contribution in [1.29, 1.82) is 0 Å². The summed E-state index contributed by atoms with van der Waals surface area (Å²) >= 11 is 0. The molecule has 7 heteroatoms. The number of carbonyl (C=O) groups is 1. The van der Waals surface area contributed by atoms with Crippen molar-refractivity contribution in [3.05, 3.63) is 17.7 Å². The van der Waals surface area contributed by atoms with Gasteiger partial charge in [-0.15, -0.1) is 0 Å². The second-order valence-corrected chi connectivity index (χ2v) is 8.46. The molecule has 6 nitrogen and oxygen atoms in total. The van der Waals surface area contributed by atoms with Gasteiger partial charge in [-0.25, -0.2) is 13.4 Å². The first-order valence-electron chi connectivity index (χ1n) is 7.44. The van der Waals surface area contributed by atoms with Gasteiger partial charge in [-0.05, 0) is 25.7 Å². The molecule has 0 bridgehead atoms. The molecule has 1 aromatic rings. The molecule has 1 amide bonds. The van der Waals surface area contributed by atoms with Crippen LogP contribution in [0.4, 0.5) is 0 Å². The maximum Gasteiger partial charge on any atom is 0.220 e. The van der Waals surface area contributed by atoms with Crippen molar-refractivity contribution in [2.45, 2.75) is 45.2 Å². The fraction of sp³-hybridized carbons (Fsp3) is 0.714. The molecule has 0 saturated carbocycles. The minimum absolute atomic E-state index is 0.00959. The van der Waals surface area contributed by atoms with E-state index in [2.05, 4.69) is 14.9 Å². The molecule has 1 saturated heterocycles. The Bertz CT molecular complexity index is 650. The highest BCUT2D eigenvalue weighted by atomic mass is 32.2. The Kier molecular flexibility index (Phi) is 3.77. The molecule has 2 aliphatic rings. The van der Waals surface area contributed by atoms with E-state index >= 15 is 0 Å². The Labute approximate surface area is 124 Å². The summed E-state index contributed by atoms with van der Waals surface area (Å²) < 4.78 is 24.9. The molecule has 0 radical (unpaired) electrons. The van der Waals surface area contributed by atoms with Crippen LogP contribution < -0.4 is 5.32 Å². The number of imidazole rings is 1. The first-order chi connectivity index (χ1) is 9.91. The number of amides is 1. The molecule has 3 heterocycles. The molecule has 116 valence electrons. The quantitative estimate of drug-likeness (QED) is 0.878. The van der Waals surface area contributed by atoms with E-state index in [0.717, 1.165) is 30.9 Å². The number of hydrogen-bond acceptors (Lipinski definition) is 4. The minimum atomic E-state index is -2.90. The van der Waals surface area contributed by atoms with E-state index in [4.69, 9.17) is 0 Å². The van der Waals surface area contributed by atoms with E-state index in [1.165, 1.54) is 0 Å². The SMILES string of the molecule is Cc1cn2c(n1)CC[C@@H](NC(=O)C[C@H]1CCS(=O)(=O)C1)C2. The van der Waals surface area contributed by atoms with Crippen molar-refractivity contribution < 1.29 is 13.2 Å². The average Bonchev–Trinajstić information content (AvgIpc) is 2.90. The van der Waals surface area contributed by atoms with Gasteiger partial charge < -0.3 is 9.88 Å². The number of sulfone groups is 1. The van der Waals surface area contributed by atoms with Crippen LogP contribution in [0.3, 0.4) is 0 Å². The zero-order valence-corrected chi connectivity index (χ0v) is 13.0. The van der Waals surface area contributed by atoms with Crippen LogP contribution in [0.25, 0.3) is 0 Å². The maximum atomic E-state index is 12.1. The summed E-state index contributed by atoms with van der Waals surface area (Å²) in [5.41, 5.74) is 1.01. The number of carbonyl (C=O) groups excluding carboxylic acids is 1. The molecular formula is C14H21N3O3S. The lowest BCUT2D eigenvalue weighted by molar-refractivity contribution is -0.122. The van der Waals surface area contributed by atoms with Crippen LogP contribution in [0.5, 0.6) is 0 Å². The van der Waals surface area contributed by atoms with E-state index in [-0.39, 0.29) is 29.4 Å². The lowest BCUT2D eigenvalue weighted by atomic mass is 10.0. The molecule has 1 aromatic heterocycles. The molecule has 1 N–H and O–H groups in total. The van der Waals surface area contributed by atoms with Crippen LogP contribution in [-0.2, 0) is 27.6 Å². The highest BCUT2D eigenvalue weighted by molar-refractivity contribution is 7.91. The predicted octanol–water partition coefficient (Wildman–Crippen LogP) is 0.447. The van der Waals surface area contributed by atoms with Gasteiger partial charge in [-0.1, -0.05) is 0 Å². The molecule has 0 spiro atoms. The predicted molar refractivity (Wildman–Crippen MR) is 78.6 cm³/mol. The number of hydrogen-bond donors (Lipinski definition) is 1. The zero-order valence-electron chi connectivity index (χ0n) is 12.2. The lowest BCUT2D eigenvalue weighted by Crippen LogP contribution is -2.41. The van der Waals surface area contributed by atoms with Crippen LogP contribution >= 0.6 is 0 Å². The van der Waals surface area contributed by atoms with Gasteiger partial charge in [0.25, 0.3) is 0 Å². The third-order valence-electron chi connectivity index (χ3n) is 4.28. The molecule has 2 aliphatic heterocycles. The van der Waals surface area contributed by atoms with E-state index < -0.39 is 9.84 Å². The van der Waals surface area contributed by atoms with Crippen LogP contribution in [-0.4, -0.2) is 41.4 Å². The van der Waals surface area contributed by atoms with E-state index in [1.54, 1.807) is 0 Å². The first-order valence-corrected chi connectivity index (χ1v) is 9.26. The van der Waals surface area contributed by atoms with Crippen molar-refractivity contribution in [1.82, 2.24) is 14.9 Å². The van der Waals surface area contributed by atoms with E-state index in [9.17, 15) is 13.2 Å². The molecular weight excluding hydrogens is 290 g/mol. The lowest BCUT2D eigenvalue weighted by Gasteiger charge is -2.25. The second kappa shape index (κ2) is 5.44. The molecule has 0 unspecified atom stereocenters. The third kappa shape index (κ3) is 3.45. The number of rotatable bonds is 3. The van der Waals surface area contributed by atoms with Crippen LogP contribution in [0.2, 0.25) is 0 Å². The van der Waals surface area contributed by atoms with Gasteiger partial charge in [0, 0.05) is 31.6 Å². The normalized spacial score (nSPS) is 27.3. The summed E-state index contributed by atoms with van der Waals surface area (Å²) in [5, 5.41) is 3.04. The number of aromatic nitrogens is 2. The molecule has 0 aliphatic carbocycles. The second-order valence-electron chi connectivity index (χ2n) is 6.23. The van der Waals surface area contributed by atoms with Gasteiger partial charge in [0.2, 0.25) is 5.91 Å². The Balaban J connectivity index is 1.52. The van der Waals surface area contributed by atoms with Gasteiger partial charge >= 0.3 is 0 Å². The summed E-state index contributed by atoms with van der Waals surface area (Å²) in [6, 6.07) is 0.122. The van der Waals surface area contributed by atoms with Crippen molar-refractivity contribution in [2.24, 2.45) is 5.92 Å². The Morgan fingerprint density at radius 3 is 3.00 bits per heavy atom. The smallest absolute Gasteiger partial charge is 0.220 e. The van der Waals surface area contributed by atoms with Crippen molar-refractivity contribution in [3.8, 4) is 0 Å². The van der Waals surface area contributed by atoms with E-state index in [1.807, 2.05) is 13.1 Å². The summed E-state index contributed by atoms with van der Waals surface area (Å²) in [5.74, 6) is 1.44. The fourth-order valence-corrected chi connectivity index (χ4v) is 5.15. The van der Waals surface area contributed by atoms with Crippen LogP contribution in [0.15, 0.2) is 6.20 Å². The summed E-state index contributed by atoms with van der Waals surface area (Å²) in [6.07, 6.45) is 4.72. The monoisotopic (exact) mass is 311 g/mol. The number of nitrogens with zero attached hydrogens (tertiary/aromatic N) is 2. The number of aryl methyl sites for hydroxylation is 2. The van der Waals surface area contributed by atoms with Crippen molar-refractivity contribution in [3.63, 3.8) is 0 Å². The Morgan fingerprint density at radius 2 is 2.29 bits per heavy atom. The van der Waals surface area contributed by atoms with E-state index in [0.29, 0.717) is 12.8 Å². The standard InChI is InChI=1S/C14H21N3O3S/c1-10-7-17-8-12(2-3-13(17)15-10)16-14(18)6-11-4-5-21(19,20)9-11/h7,11-12H,2-6,8-9H2,1H3,(H,16,18)/t11-,12-/m1/s1. The Morgan fingerprint density at radius 1 is 1.48 bits per heavy atom. The highest BCUT2D eigenvalue weighted by Crippen LogP contribution is 2.22. The minimum Gasteiger partial charge on any atom is -0.352 e. The number of nitrogens with one attached hydrogen (secondary N) is 1. The Hall–Kier alpha value is -1.37. The molecule has 0 aromatic carbocycles. The molecule has 21 heavy (non-hydrogen) atoms. The highest BCUT2D eigenvalue weighted by Gasteiger charge is 2.30. The largest absolute Gasteiger partial charge is 0.352 e. The third-order valence-corrected chi connectivity index (χ3v) is 6.12. The molecule has 1 fully saturated rings. The van der Waals surface area contributed by atoms with Gasteiger partial charge in [0.1, 0.15) is 5.82 Å². The van der Waals surface area contributed by atoms with Crippen molar-refractivity contribution >= 4 is 15.7 Å². The van der Waals surface area contributed by atoms with Gasteiger partial charge in [-0.3, -0.25) is 4.79 Å². The molecule has 2 atom stereocenters. The number of fused-ring (bicyclic) bond motifs is 1. The van der Waals surface area contributed by atoms with Crippen LogP contribution in [0, 0.1) is 12.8 Å². The topological polar surface area (TPSA) is 81.1 Å². The van der Waals surface area contributed by atoms with Gasteiger partial charge in [0.05, 0.1) is 17.2 Å². The van der Waals surface area contributed by atoms with Gasteiger partial charge in [-0.2, -0.15) is 0 Å². The summed E-state index contributed by atoms with van der Waals surface area (Å²) in [7, 11) is -2.90. The zero-order chi connectivity index (χ0) is 15.0. The summed E-state index contributed by atoms with van der Waals surface area (Å²) in [6.45, 7) is 2.73. The summed E-state index contributed by atoms with van der Waals surface area (Å²) in [4.78, 5) is 16.5. The first kappa shape index (κ1) is 14.6. The van der Waals surface area contributed by atoms with Crippen LogP contribution in [0.1, 0.15) is 30.8 Å². The molecule has 3 rings (SSSR count). The average molecular weight is 311 g/mol. The maximum absolute atomic E-state index is 12.1.